The van der Waals surface area contributed by atoms with E-state index in [-0.39, 0.29) is 11.7 Å². The van der Waals surface area contributed by atoms with Gasteiger partial charge in [-0.3, -0.25) is 20.1 Å². The third kappa shape index (κ3) is 4.30. The summed E-state index contributed by atoms with van der Waals surface area (Å²) in [5.74, 6) is 0.430. The average molecular weight is 435 g/mol. The molecule has 154 valence electrons. The van der Waals surface area contributed by atoms with Crippen molar-refractivity contribution in [2.24, 2.45) is 5.92 Å². The van der Waals surface area contributed by atoms with Gasteiger partial charge in [0.2, 0.25) is 11.1 Å². The van der Waals surface area contributed by atoms with Gasteiger partial charge in [0.05, 0.1) is 5.75 Å². The highest BCUT2D eigenvalue weighted by atomic mass is 32.2. The van der Waals surface area contributed by atoms with Crippen LogP contribution in [0, 0.1) is 5.92 Å². The van der Waals surface area contributed by atoms with Crippen LogP contribution in [0.1, 0.15) is 43.3 Å². The standard InChI is InChI=1S/C18H22N6O3S2/c1-11-4-6-18(7-5-11)15(26)24(17(27)20-18)23-14(25)10-29-16-19-13(21-22-16)9-12-3-2-8-28-12/h2-3,8,11H,4-7,9-10H2,1H3,(H,20,27)(H,23,25)(H,19,21,22). The number of imide groups is 1. The molecule has 0 unspecified atom stereocenters. The van der Waals surface area contributed by atoms with Gasteiger partial charge < -0.3 is 5.32 Å². The number of thiophene rings is 1. The summed E-state index contributed by atoms with van der Waals surface area (Å²) < 4.78 is 0. The molecule has 29 heavy (non-hydrogen) atoms. The first kappa shape index (κ1) is 19.9. The second-order valence-corrected chi connectivity index (χ2v) is 9.45. The largest absolute Gasteiger partial charge is 0.344 e. The molecule has 9 nitrogen and oxygen atoms in total. The number of hydrazine groups is 1. The van der Waals surface area contributed by atoms with E-state index >= 15 is 0 Å². The molecule has 2 fully saturated rings. The van der Waals surface area contributed by atoms with Crippen LogP contribution in [0.3, 0.4) is 0 Å². The Morgan fingerprint density at radius 3 is 2.93 bits per heavy atom. The monoisotopic (exact) mass is 434 g/mol. The Morgan fingerprint density at radius 1 is 1.41 bits per heavy atom. The van der Waals surface area contributed by atoms with Crippen molar-refractivity contribution < 1.29 is 14.4 Å². The molecule has 4 amide bonds. The number of aromatic amines is 1. The molecule has 2 aliphatic rings. The van der Waals surface area contributed by atoms with Crippen molar-refractivity contribution in [1.29, 1.82) is 0 Å². The Hall–Kier alpha value is -2.40. The smallest absolute Gasteiger partial charge is 0.322 e. The lowest BCUT2D eigenvalue weighted by Crippen LogP contribution is -2.51. The molecule has 3 N–H and O–H groups in total. The molecule has 1 spiro atoms. The van der Waals surface area contributed by atoms with E-state index in [2.05, 4.69) is 32.8 Å². The summed E-state index contributed by atoms with van der Waals surface area (Å²) >= 11 is 2.78. The van der Waals surface area contributed by atoms with E-state index in [1.165, 1.54) is 4.88 Å². The van der Waals surface area contributed by atoms with E-state index in [9.17, 15) is 14.4 Å². The summed E-state index contributed by atoms with van der Waals surface area (Å²) in [6, 6.07) is 3.43. The summed E-state index contributed by atoms with van der Waals surface area (Å²) in [6.07, 6.45) is 3.61. The van der Waals surface area contributed by atoms with Crippen molar-refractivity contribution in [3.8, 4) is 0 Å². The van der Waals surface area contributed by atoms with E-state index < -0.39 is 17.5 Å². The maximum atomic E-state index is 12.8. The summed E-state index contributed by atoms with van der Waals surface area (Å²) in [7, 11) is 0. The van der Waals surface area contributed by atoms with E-state index in [0.29, 0.717) is 30.3 Å². The molecule has 1 saturated heterocycles. The van der Waals surface area contributed by atoms with Crippen LogP contribution in [0.5, 0.6) is 0 Å². The zero-order valence-corrected chi connectivity index (χ0v) is 17.6. The minimum absolute atomic E-state index is 0.00259. The number of amides is 4. The fourth-order valence-electron chi connectivity index (χ4n) is 3.60. The predicted octanol–water partition coefficient (Wildman–Crippen LogP) is 2.08. The number of rotatable bonds is 6. The molecule has 2 aromatic rings. The fraction of sp³-hybridized carbons (Fsp3) is 0.500. The normalized spacial score (nSPS) is 24.2. The molecular weight excluding hydrogens is 412 g/mol. The summed E-state index contributed by atoms with van der Waals surface area (Å²) in [4.78, 5) is 42.8. The molecule has 3 heterocycles. The number of hydrogen-bond donors (Lipinski definition) is 3. The second kappa shape index (κ2) is 8.15. The van der Waals surface area contributed by atoms with Crippen molar-refractivity contribution in [3.05, 3.63) is 28.2 Å². The van der Waals surface area contributed by atoms with Gasteiger partial charge in [0.25, 0.3) is 5.91 Å². The molecule has 11 heteroatoms. The quantitative estimate of drug-likeness (QED) is 0.473. The number of thioether (sulfide) groups is 1. The minimum Gasteiger partial charge on any atom is -0.322 e. The van der Waals surface area contributed by atoms with E-state index in [4.69, 9.17) is 0 Å². The summed E-state index contributed by atoms with van der Waals surface area (Å²) in [5.41, 5.74) is 1.55. The van der Waals surface area contributed by atoms with Crippen molar-refractivity contribution in [2.75, 3.05) is 5.75 Å². The number of carbonyl (C=O) groups excluding carboxylic acids is 3. The van der Waals surface area contributed by atoms with Gasteiger partial charge in [0.15, 0.2) is 0 Å². The lowest BCUT2D eigenvalue weighted by atomic mass is 9.77. The Bertz CT molecular complexity index is 905. The fourth-order valence-corrected chi connectivity index (χ4v) is 4.92. The third-order valence-corrected chi connectivity index (χ3v) is 7.02. The SMILES string of the molecule is CC1CCC2(CC1)NC(=O)N(NC(=O)CSc1n[nH]c(Cc3cccs3)n1)C2=O. The first-order valence-electron chi connectivity index (χ1n) is 9.48. The highest BCUT2D eigenvalue weighted by Crippen LogP contribution is 2.35. The molecule has 1 aliphatic carbocycles. The number of urea groups is 1. The molecule has 0 aromatic carbocycles. The summed E-state index contributed by atoms with van der Waals surface area (Å²) in [6.45, 7) is 2.14. The van der Waals surface area contributed by atoms with Crippen LogP contribution in [0.2, 0.25) is 0 Å². The lowest BCUT2D eigenvalue weighted by molar-refractivity contribution is -0.139. The van der Waals surface area contributed by atoms with E-state index in [0.717, 1.165) is 35.4 Å². The first-order valence-corrected chi connectivity index (χ1v) is 11.3. The number of nitrogens with zero attached hydrogens (tertiary/aromatic N) is 3. The van der Waals surface area contributed by atoms with Crippen molar-refractivity contribution in [1.82, 2.24) is 30.9 Å². The van der Waals surface area contributed by atoms with Gasteiger partial charge in [0.1, 0.15) is 11.4 Å². The molecule has 0 radical (unpaired) electrons. The van der Waals surface area contributed by atoms with Crippen molar-refractivity contribution >= 4 is 40.9 Å². The molecule has 4 rings (SSSR count). The van der Waals surface area contributed by atoms with Crippen molar-refractivity contribution in [3.63, 3.8) is 0 Å². The highest BCUT2D eigenvalue weighted by Gasteiger charge is 2.52. The highest BCUT2D eigenvalue weighted by molar-refractivity contribution is 7.99. The van der Waals surface area contributed by atoms with Crippen molar-refractivity contribution in [2.45, 2.75) is 49.7 Å². The van der Waals surface area contributed by atoms with Gasteiger partial charge in [-0.1, -0.05) is 24.8 Å². The second-order valence-electron chi connectivity index (χ2n) is 7.48. The van der Waals surface area contributed by atoms with Gasteiger partial charge in [-0.25, -0.2) is 9.78 Å². The maximum absolute atomic E-state index is 12.8. The van der Waals surface area contributed by atoms with Crippen LogP contribution in [-0.4, -0.2) is 49.3 Å². The summed E-state index contributed by atoms with van der Waals surface area (Å²) in [5, 5.41) is 13.0. The molecule has 0 atom stereocenters. The zero-order valence-electron chi connectivity index (χ0n) is 15.9. The third-order valence-electron chi connectivity index (χ3n) is 5.29. The van der Waals surface area contributed by atoms with Crippen LogP contribution in [-0.2, 0) is 16.0 Å². The Morgan fingerprint density at radius 2 is 2.21 bits per heavy atom. The van der Waals surface area contributed by atoms with Crippen LogP contribution >= 0.6 is 23.1 Å². The number of hydrogen-bond acceptors (Lipinski definition) is 7. The number of carbonyl (C=O) groups is 3. The van der Waals surface area contributed by atoms with E-state index in [1.54, 1.807) is 11.3 Å². The number of H-pyrrole nitrogens is 1. The Balaban J connectivity index is 1.29. The van der Waals surface area contributed by atoms with Gasteiger partial charge >= 0.3 is 6.03 Å². The molecule has 1 saturated carbocycles. The maximum Gasteiger partial charge on any atom is 0.344 e. The average Bonchev–Trinajstić information content (AvgIpc) is 3.42. The van der Waals surface area contributed by atoms with Gasteiger partial charge in [-0.2, -0.15) is 5.01 Å². The van der Waals surface area contributed by atoms with Gasteiger partial charge in [0, 0.05) is 11.3 Å². The zero-order chi connectivity index (χ0) is 20.4. The topological polar surface area (TPSA) is 120 Å². The van der Waals surface area contributed by atoms with Crippen LogP contribution in [0.4, 0.5) is 4.79 Å². The van der Waals surface area contributed by atoms with Crippen LogP contribution < -0.4 is 10.7 Å². The van der Waals surface area contributed by atoms with Crippen LogP contribution in [0.15, 0.2) is 22.7 Å². The molecule has 1 aliphatic heterocycles. The van der Waals surface area contributed by atoms with Crippen LogP contribution in [0.25, 0.3) is 0 Å². The number of nitrogens with one attached hydrogen (secondary N) is 3. The predicted molar refractivity (Wildman–Crippen MR) is 108 cm³/mol. The first-order chi connectivity index (χ1) is 13.9. The lowest BCUT2D eigenvalue weighted by Gasteiger charge is -2.33. The Labute approximate surface area is 176 Å². The Kier molecular flexibility index (Phi) is 5.59. The molecular formula is C18H22N6O3S2. The molecule has 0 bridgehead atoms. The minimum atomic E-state index is -0.871. The van der Waals surface area contributed by atoms with E-state index in [1.807, 2.05) is 17.5 Å². The van der Waals surface area contributed by atoms with Gasteiger partial charge in [-0.15, -0.1) is 16.4 Å². The number of aromatic nitrogens is 3. The molecule has 2 aromatic heterocycles. The van der Waals surface area contributed by atoms with Gasteiger partial charge in [-0.05, 0) is 43.0 Å².